The van der Waals surface area contributed by atoms with E-state index in [1.165, 1.54) is 36.5 Å². The van der Waals surface area contributed by atoms with Gasteiger partial charge in [-0.25, -0.2) is 12.7 Å². The fourth-order valence-corrected chi connectivity index (χ4v) is 4.07. The van der Waals surface area contributed by atoms with Crippen molar-refractivity contribution in [2.45, 2.75) is 52.0 Å². The Morgan fingerprint density at radius 2 is 1.96 bits per heavy atom. The molecule has 8 heteroatoms. The lowest BCUT2D eigenvalue weighted by Gasteiger charge is -2.35. The highest BCUT2D eigenvalue weighted by molar-refractivity contribution is 7.89. The van der Waals surface area contributed by atoms with Crippen LogP contribution in [0, 0.1) is 0 Å². The van der Waals surface area contributed by atoms with Crippen LogP contribution in [0.4, 0.5) is 0 Å². The molecule has 0 aliphatic carbocycles. The minimum absolute atomic E-state index is 0.148. The molecule has 1 fully saturated rings. The van der Waals surface area contributed by atoms with E-state index in [-0.39, 0.29) is 5.75 Å². The lowest BCUT2D eigenvalue weighted by molar-refractivity contribution is 0.147. The number of hydrogen-bond acceptors (Lipinski definition) is 4. The van der Waals surface area contributed by atoms with E-state index >= 15 is 0 Å². The molecule has 25 heavy (non-hydrogen) atoms. The van der Waals surface area contributed by atoms with Crippen molar-refractivity contribution >= 4 is 16.0 Å². The van der Waals surface area contributed by atoms with Gasteiger partial charge in [-0.15, -0.1) is 0 Å². The van der Waals surface area contributed by atoms with Gasteiger partial charge in [-0.2, -0.15) is 0 Å². The van der Waals surface area contributed by atoms with Gasteiger partial charge in [0.05, 0.1) is 5.75 Å². The maximum Gasteiger partial charge on any atom is 0.213 e. The van der Waals surface area contributed by atoms with Gasteiger partial charge in [0.2, 0.25) is 10.0 Å². The van der Waals surface area contributed by atoms with Crippen molar-refractivity contribution in [1.82, 2.24) is 19.8 Å². The topological polar surface area (TPSA) is 77.0 Å². The first kappa shape index (κ1) is 22.2. The first-order valence-corrected chi connectivity index (χ1v) is 11.2. The van der Waals surface area contributed by atoms with Crippen molar-refractivity contribution in [3.05, 3.63) is 0 Å². The summed E-state index contributed by atoms with van der Waals surface area (Å²) in [5, 5.41) is 6.61. The van der Waals surface area contributed by atoms with E-state index < -0.39 is 10.0 Å². The summed E-state index contributed by atoms with van der Waals surface area (Å²) >= 11 is 0. The SMILES string of the molecule is CCC1CCCCN1CCNC(=NC)NCCCN(C)S(=O)(=O)CC. The van der Waals surface area contributed by atoms with E-state index in [4.69, 9.17) is 0 Å². The van der Waals surface area contributed by atoms with Gasteiger partial charge in [0.25, 0.3) is 0 Å². The Hall–Kier alpha value is -0.860. The minimum atomic E-state index is -3.08. The van der Waals surface area contributed by atoms with E-state index in [0.717, 1.165) is 31.5 Å². The Balaban J connectivity index is 2.22. The van der Waals surface area contributed by atoms with Crippen molar-refractivity contribution in [3.8, 4) is 0 Å². The first-order valence-electron chi connectivity index (χ1n) is 9.57. The summed E-state index contributed by atoms with van der Waals surface area (Å²) in [4.78, 5) is 6.81. The molecule has 7 nitrogen and oxygen atoms in total. The maximum absolute atomic E-state index is 11.7. The molecule has 1 unspecified atom stereocenters. The zero-order valence-corrected chi connectivity index (χ0v) is 17.2. The number of aliphatic imine (C=N–C) groups is 1. The predicted octanol–water partition coefficient (Wildman–Crippen LogP) is 1.09. The van der Waals surface area contributed by atoms with Crippen LogP contribution in [0.2, 0.25) is 0 Å². The molecule has 1 rings (SSSR count). The number of rotatable bonds is 10. The van der Waals surface area contributed by atoms with E-state index in [9.17, 15) is 8.42 Å². The third kappa shape index (κ3) is 7.92. The third-order valence-corrected chi connectivity index (χ3v) is 6.78. The van der Waals surface area contributed by atoms with Gasteiger partial charge in [-0.3, -0.25) is 9.89 Å². The summed E-state index contributed by atoms with van der Waals surface area (Å²) in [7, 11) is 0.311. The number of nitrogens with zero attached hydrogens (tertiary/aromatic N) is 3. The van der Waals surface area contributed by atoms with Crippen LogP contribution < -0.4 is 10.6 Å². The fraction of sp³-hybridized carbons (Fsp3) is 0.941. The van der Waals surface area contributed by atoms with Crippen LogP contribution in [0.3, 0.4) is 0 Å². The van der Waals surface area contributed by atoms with Crippen molar-refractivity contribution in [2.75, 3.05) is 52.6 Å². The van der Waals surface area contributed by atoms with Crippen molar-refractivity contribution in [2.24, 2.45) is 4.99 Å². The smallest absolute Gasteiger partial charge is 0.213 e. The summed E-state index contributed by atoms with van der Waals surface area (Å²) in [5.74, 6) is 0.932. The van der Waals surface area contributed by atoms with E-state index in [0.29, 0.717) is 13.1 Å². The highest BCUT2D eigenvalue weighted by Gasteiger charge is 2.20. The average molecular weight is 376 g/mol. The van der Waals surface area contributed by atoms with Crippen molar-refractivity contribution in [1.29, 1.82) is 0 Å². The predicted molar refractivity (Wildman–Crippen MR) is 106 cm³/mol. The van der Waals surface area contributed by atoms with Gasteiger partial charge in [-0.05, 0) is 39.2 Å². The Bertz CT molecular complexity index is 495. The number of nitrogens with one attached hydrogen (secondary N) is 2. The Kier molecular flexibility index (Phi) is 10.4. The Labute approximate surface area is 154 Å². The summed E-state index contributed by atoms with van der Waals surface area (Å²) in [6.45, 7) is 8.27. The van der Waals surface area contributed by atoms with Gasteiger partial charge >= 0.3 is 0 Å². The molecule has 0 radical (unpaired) electrons. The minimum Gasteiger partial charge on any atom is -0.356 e. The molecule has 0 aromatic heterocycles. The number of guanidine groups is 1. The van der Waals surface area contributed by atoms with Gasteiger partial charge < -0.3 is 10.6 Å². The molecule has 148 valence electrons. The number of sulfonamides is 1. The molecule has 0 spiro atoms. The quantitative estimate of drug-likeness (QED) is 0.340. The average Bonchev–Trinajstić information content (AvgIpc) is 2.63. The van der Waals surface area contributed by atoms with E-state index in [2.05, 4.69) is 27.4 Å². The zero-order valence-electron chi connectivity index (χ0n) is 16.4. The zero-order chi connectivity index (χ0) is 18.7. The van der Waals surface area contributed by atoms with Crippen LogP contribution in [-0.2, 0) is 10.0 Å². The number of hydrogen-bond donors (Lipinski definition) is 2. The second-order valence-corrected chi connectivity index (χ2v) is 8.96. The maximum atomic E-state index is 11.7. The van der Waals surface area contributed by atoms with Crippen LogP contribution in [-0.4, -0.2) is 82.2 Å². The van der Waals surface area contributed by atoms with E-state index in [1.54, 1.807) is 21.0 Å². The van der Waals surface area contributed by atoms with Crippen LogP contribution in [0.5, 0.6) is 0 Å². The largest absolute Gasteiger partial charge is 0.356 e. The fourth-order valence-electron chi connectivity index (χ4n) is 3.22. The van der Waals surface area contributed by atoms with Crippen molar-refractivity contribution in [3.63, 3.8) is 0 Å². The van der Waals surface area contributed by atoms with Gasteiger partial charge in [-0.1, -0.05) is 13.3 Å². The molecule has 0 aromatic carbocycles. The molecule has 0 saturated carbocycles. The molecule has 0 aromatic rings. The molecular weight excluding hydrogens is 338 g/mol. The lowest BCUT2D eigenvalue weighted by atomic mass is 10.0. The molecule has 0 amide bonds. The van der Waals surface area contributed by atoms with E-state index in [1.807, 2.05) is 0 Å². The summed E-state index contributed by atoms with van der Waals surface area (Å²) in [6.07, 6.45) is 5.95. The molecule has 0 bridgehead atoms. The van der Waals surface area contributed by atoms with Gasteiger partial charge in [0, 0.05) is 46.3 Å². The first-order chi connectivity index (χ1) is 11.9. The molecule has 2 N–H and O–H groups in total. The monoisotopic (exact) mass is 375 g/mol. The van der Waals surface area contributed by atoms with Crippen molar-refractivity contribution < 1.29 is 8.42 Å². The summed E-state index contributed by atoms with van der Waals surface area (Å²) < 4.78 is 24.8. The Morgan fingerprint density at radius 3 is 2.60 bits per heavy atom. The standard InChI is InChI=1S/C17H37N5O2S/c1-5-16-10-7-8-14-22(16)15-12-20-17(18-3)19-11-9-13-21(4)25(23,24)6-2/h16H,5-15H2,1-4H3,(H2,18,19,20). The lowest BCUT2D eigenvalue weighted by Crippen LogP contribution is -2.46. The molecular formula is C17H37N5O2S. The normalized spacial score (nSPS) is 20.0. The van der Waals surface area contributed by atoms with Crippen LogP contribution in [0.25, 0.3) is 0 Å². The highest BCUT2D eigenvalue weighted by Crippen LogP contribution is 2.18. The molecule has 1 saturated heterocycles. The molecule has 1 aliphatic rings. The molecule has 1 atom stereocenters. The third-order valence-electron chi connectivity index (χ3n) is 4.92. The second-order valence-electron chi connectivity index (χ2n) is 6.60. The molecule has 1 heterocycles. The Morgan fingerprint density at radius 1 is 1.24 bits per heavy atom. The van der Waals surface area contributed by atoms with Crippen LogP contribution in [0.15, 0.2) is 4.99 Å². The van der Waals surface area contributed by atoms with Gasteiger partial charge in [0.1, 0.15) is 0 Å². The second kappa shape index (κ2) is 11.7. The van der Waals surface area contributed by atoms with Gasteiger partial charge in [0.15, 0.2) is 5.96 Å². The van der Waals surface area contributed by atoms with Crippen LogP contribution in [0.1, 0.15) is 46.0 Å². The summed E-state index contributed by atoms with van der Waals surface area (Å²) in [6, 6.07) is 0.724. The molecule has 1 aliphatic heterocycles. The number of likely N-dealkylation sites (tertiary alicyclic amines) is 1. The van der Waals surface area contributed by atoms with Crippen LogP contribution >= 0.6 is 0 Å². The summed E-state index contributed by atoms with van der Waals surface area (Å²) in [5.41, 5.74) is 0. The number of piperidine rings is 1. The highest BCUT2D eigenvalue weighted by atomic mass is 32.2.